The normalized spacial score (nSPS) is 20.4. The lowest BCUT2D eigenvalue weighted by Gasteiger charge is -2.63. The van der Waals surface area contributed by atoms with Crippen LogP contribution < -0.4 is 30.7 Å². The standard InChI is InChI=1S/C45H53ClN8O6.2CH4/c1-44(2)41(45(3,4)42(44)60-34-17-14-31(28-47)35(46)27-34)49-39(56)29-12-15-32(16-13-29)53-23-21-52(22-24-53)20-7-6-8-25-59-33-11-9-10-30(26-33)38-50-54(43(58)51(38)5)36-18-19-37(55)48-40(36)57;;/h9-17,26-27,36,41-42H,6-8,18-25H2,1-5H3,(H,49,56)(H,48,55,57);2*1H4. The van der Waals surface area contributed by atoms with Crippen LogP contribution >= 0.6 is 11.6 Å². The average Bonchev–Trinajstić information content (AvgIpc) is 3.53. The molecule has 1 unspecified atom stereocenters. The minimum atomic E-state index is -0.821. The highest BCUT2D eigenvalue weighted by Crippen LogP contribution is 2.55. The van der Waals surface area contributed by atoms with Crippen LogP contribution in [0.4, 0.5) is 5.69 Å². The number of piperidine rings is 1. The van der Waals surface area contributed by atoms with Crippen molar-refractivity contribution in [2.75, 3.05) is 44.2 Å². The number of unbranched alkanes of at least 4 members (excludes halogenated alkanes) is 2. The zero-order chi connectivity index (χ0) is 42.8. The number of nitriles is 1. The SMILES string of the molecule is C.C.Cn1c(-c2cccc(OCCCCCN3CCN(c4ccc(C(=O)NC5C(C)(C)C(Oc6ccc(C#N)c(Cl)c6)C5(C)C)cc4)CC3)c2)nn(C2CCC(=O)NC2=O)c1=O. The number of hydrogen-bond donors (Lipinski definition) is 2. The van der Waals surface area contributed by atoms with Crippen LogP contribution in [0.2, 0.25) is 5.02 Å². The maximum absolute atomic E-state index is 13.5. The molecular formula is C47H61ClN8O6. The van der Waals surface area contributed by atoms with Gasteiger partial charge in [-0.25, -0.2) is 9.48 Å². The lowest BCUT2D eigenvalue weighted by Crippen LogP contribution is -2.74. The molecule has 3 fully saturated rings. The van der Waals surface area contributed by atoms with E-state index in [2.05, 4.69) is 59.3 Å². The van der Waals surface area contributed by atoms with E-state index in [4.69, 9.17) is 21.1 Å². The van der Waals surface area contributed by atoms with Gasteiger partial charge >= 0.3 is 5.69 Å². The summed E-state index contributed by atoms with van der Waals surface area (Å²) in [4.78, 5) is 55.2. The zero-order valence-electron chi connectivity index (χ0n) is 34.9. The van der Waals surface area contributed by atoms with Crippen LogP contribution in [0.3, 0.4) is 0 Å². The Kier molecular flexibility index (Phi) is 15.0. The average molecular weight is 870 g/mol. The van der Waals surface area contributed by atoms with Crippen LogP contribution in [-0.2, 0) is 16.6 Å². The third kappa shape index (κ3) is 9.85. The molecule has 0 spiro atoms. The molecule has 0 bridgehead atoms. The monoisotopic (exact) mass is 868 g/mol. The number of rotatable bonds is 14. The van der Waals surface area contributed by atoms with Gasteiger partial charge in [0.25, 0.3) is 11.8 Å². The second-order valence-electron chi connectivity index (χ2n) is 17.2. The summed E-state index contributed by atoms with van der Waals surface area (Å²) in [6.07, 6.45) is 3.22. The van der Waals surface area contributed by atoms with Gasteiger partial charge in [-0.2, -0.15) is 5.26 Å². The van der Waals surface area contributed by atoms with Gasteiger partial charge < -0.3 is 19.7 Å². The van der Waals surface area contributed by atoms with Gasteiger partial charge in [0.05, 0.1) is 17.2 Å². The van der Waals surface area contributed by atoms with Gasteiger partial charge in [-0.15, -0.1) is 5.10 Å². The van der Waals surface area contributed by atoms with Crippen LogP contribution in [-0.4, -0.2) is 88.4 Å². The summed E-state index contributed by atoms with van der Waals surface area (Å²) in [6.45, 7) is 13.7. The Bertz CT molecular complexity index is 2320. The minimum absolute atomic E-state index is 0. The molecule has 3 amide bonds. The Balaban J connectivity index is 0.00000363. The predicted octanol–water partition coefficient (Wildman–Crippen LogP) is 7.01. The zero-order valence-corrected chi connectivity index (χ0v) is 35.6. The van der Waals surface area contributed by atoms with Crippen molar-refractivity contribution in [1.82, 2.24) is 29.9 Å². The van der Waals surface area contributed by atoms with Crippen molar-refractivity contribution < 1.29 is 23.9 Å². The van der Waals surface area contributed by atoms with E-state index in [9.17, 15) is 24.4 Å². The maximum atomic E-state index is 13.5. The van der Waals surface area contributed by atoms with Crippen LogP contribution in [0.15, 0.2) is 71.5 Å². The first-order valence-electron chi connectivity index (χ1n) is 20.6. The summed E-state index contributed by atoms with van der Waals surface area (Å²) in [7, 11) is 1.61. The molecule has 1 saturated carbocycles. The van der Waals surface area contributed by atoms with Crippen molar-refractivity contribution in [2.45, 2.75) is 92.8 Å². The highest BCUT2D eigenvalue weighted by Gasteiger charge is 2.64. The van der Waals surface area contributed by atoms with E-state index in [1.807, 2.05) is 48.5 Å². The lowest BCUT2D eigenvalue weighted by molar-refractivity contribution is -0.164. The fraction of sp³-hybridized carbons (Fsp3) is 0.489. The summed E-state index contributed by atoms with van der Waals surface area (Å²) in [5, 5.41) is 19.6. The van der Waals surface area contributed by atoms with E-state index in [-0.39, 0.29) is 62.5 Å². The molecule has 3 heterocycles. The molecule has 15 heteroatoms. The predicted molar refractivity (Wildman–Crippen MR) is 242 cm³/mol. The first-order valence-corrected chi connectivity index (χ1v) is 21.0. The second kappa shape index (κ2) is 19.6. The topological polar surface area (TPSA) is 164 Å². The Morgan fingerprint density at radius 1 is 0.935 bits per heavy atom. The van der Waals surface area contributed by atoms with Crippen molar-refractivity contribution in [1.29, 1.82) is 5.26 Å². The van der Waals surface area contributed by atoms with Gasteiger partial charge in [0.2, 0.25) is 5.91 Å². The van der Waals surface area contributed by atoms with E-state index in [1.165, 1.54) is 4.57 Å². The molecule has 0 radical (unpaired) electrons. The Morgan fingerprint density at radius 3 is 2.31 bits per heavy atom. The van der Waals surface area contributed by atoms with E-state index in [0.29, 0.717) is 45.6 Å². The van der Waals surface area contributed by atoms with Gasteiger partial charge in [-0.05, 0) is 80.8 Å². The quantitative estimate of drug-likeness (QED) is 0.0996. The third-order valence-electron chi connectivity index (χ3n) is 12.3. The number of carbonyl (C=O) groups is 3. The molecular weight excluding hydrogens is 808 g/mol. The third-order valence-corrected chi connectivity index (χ3v) is 12.6. The van der Waals surface area contributed by atoms with Gasteiger partial charge in [-0.3, -0.25) is 29.2 Å². The van der Waals surface area contributed by atoms with Crippen LogP contribution in [0.25, 0.3) is 11.4 Å². The summed E-state index contributed by atoms with van der Waals surface area (Å²) >= 11 is 6.25. The largest absolute Gasteiger partial charge is 0.494 e. The van der Waals surface area contributed by atoms with E-state index in [0.717, 1.165) is 62.4 Å². The molecule has 332 valence electrons. The molecule has 4 aromatic rings. The molecule has 1 aliphatic carbocycles. The Labute approximate surface area is 370 Å². The summed E-state index contributed by atoms with van der Waals surface area (Å²) < 4.78 is 15.0. The number of carbonyl (C=O) groups excluding carboxylic acids is 3. The molecule has 1 aromatic heterocycles. The number of hydrogen-bond acceptors (Lipinski definition) is 10. The molecule has 62 heavy (non-hydrogen) atoms. The Morgan fingerprint density at radius 2 is 1.65 bits per heavy atom. The van der Waals surface area contributed by atoms with Gasteiger partial charge in [0.1, 0.15) is 29.7 Å². The molecule has 3 aliphatic rings. The fourth-order valence-electron chi connectivity index (χ4n) is 9.22. The first-order chi connectivity index (χ1) is 28.7. The molecule has 2 aliphatic heterocycles. The number of anilines is 1. The van der Waals surface area contributed by atoms with Crippen LogP contribution in [0.1, 0.15) is 96.6 Å². The number of benzene rings is 3. The lowest BCUT2D eigenvalue weighted by atomic mass is 9.49. The van der Waals surface area contributed by atoms with Crippen molar-refractivity contribution in [2.24, 2.45) is 17.9 Å². The van der Waals surface area contributed by atoms with Gasteiger partial charge in [-0.1, -0.05) is 66.3 Å². The summed E-state index contributed by atoms with van der Waals surface area (Å²) in [5.74, 6) is 0.729. The van der Waals surface area contributed by atoms with E-state index >= 15 is 0 Å². The van der Waals surface area contributed by atoms with Gasteiger partial charge in [0.15, 0.2) is 5.82 Å². The highest BCUT2D eigenvalue weighted by atomic mass is 35.5. The van der Waals surface area contributed by atoms with E-state index in [1.54, 1.807) is 25.2 Å². The minimum Gasteiger partial charge on any atom is -0.494 e. The number of nitrogens with one attached hydrogen (secondary N) is 2. The number of aromatic nitrogens is 3. The number of amides is 3. The van der Waals surface area contributed by atoms with Crippen molar-refractivity contribution >= 4 is 35.0 Å². The van der Waals surface area contributed by atoms with Crippen molar-refractivity contribution in [3.63, 3.8) is 0 Å². The van der Waals surface area contributed by atoms with Gasteiger partial charge in [0, 0.05) is 79.4 Å². The number of piperazine rings is 1. The molecule has 1 atom stereocenters. The number of nitrogens with zero attached hydrogens (tertiary/aromatic N) is 6. The summed E-state index contributed by atoms with van der Waals surface area (Å²) in [6, 6.07) is 21.5. The smallest absolute Gasteiger partial charge is 0.346 e. The van der Waals surface area contributed by atoms with Crippen molar-refractivity contribution in [3.05, 3.63) is 93.4 Å². The molecule has 14 nitrogen and oxygen atoms in total. The summed E-state index contributed by atoms with van der Waals surface area (Å²) in [5.41, 5.74) is 1.72. The molecule has 3 aromatic carbocycles. The van der Waals surface area contributed by atoms with Crippen LogP contribution in [0, 0.1) is 22.2 Å². The maximum Gasteiger partial charge on any atom is 0.346 e. The highest BCUT2D eigenvalue weighted by molar-refractivity contribution is 6.31. The second-order valence-corrected chi connectivity index (χ2v) is 17.6. The molecule has 7 rings (SSSR count). The number of imide groups is 1. The van der Waals surface area contributed by atoms with Crippen LogP contribution in [0.5, 0.6) is 11.5 Å². The van der Waals surface area contributed by atoms with E-state index < -0.39 is 17.6 Å². The Hall–Kier alpha value is -5.65. The fourth-order valence-corrected chi connectivity index (χ4v) is 9.43. The van der Waals surface area contributed by atoms with Crippen molar-refractivity contribution in [3.8, 4) is 29.0 Å². The number of ether oxygens (including phenoxy) is 2. The first kappa shape index (κ1) is 47.4. The molecule has 2 saturated heterocycles. The number of halogens is 1. The molecule has 2 N–H and O–H groups in total.